The number of aromatic hydroxyl groups is 1. The number of phenols is 1. The van der Waals surface area contributed by atoms with E-state index in [0.717, 1.165) is 19.3 Å². The van der Waals surface area contributed by atoms with Gasteiger partial charge >= 0.3 is 6.09 Å². The van der Waals surface area contributed by atoms with Crippen molar-refractivity contribution in [2.45, 2.75) is 118 Å². The highest BCUT2D eigenvalue weighted by atomic mass is 16.6. The first-order valence-electron chi connectivity index (χ1n) is 13.7. The van der Waals surface area contributed by atoms with Crippen LogP contribution in [0.25, 0.3) is 0 Å². The Morgan fingerprint density at radius 3 is 2.22 bits per heavy atom. The summed E-state index contributed by atoms with van der Waals surface area (Å²) in [5, 5.41) is 15.9. The van der Waals surface area contributed by atoms with Crippen LogP contribution < -0.4 is 10.6 Å². The van der Waals surface area contributed by atoms with Crippen LogP contribution in [0.1, 0.15) is 105 Å². The summed E-state index contributed by atoms with van der Waals surface area (Å²) < 4.78 is 5.45. The molecule has 0 aliphatic carbocycles. The first-order valence-corrected chi connectivity index (χ1v) is 13.7. The molecule has 37 heavy (non-hydrogen) atoms. The SMILES string of the molecule is CCCCCNC(=O)C(c1ccc(O)c(C)c1)N(C(=O)C(NC(=O)OC(C)(C)C)C(C)CC)C(C)CC. The Labute approximate surface area is 223 Å². The molecule has 0 aliphatic rings. The number of hydrogen-bond donors (Lipinski definition) is 3. The van der Waals surface area contributed by atoms with E-state index in [9.17, 15) is 19.5 Å². The van der Waals surface area contributed by atoms with Gasteiger partial charge in [-0.2, -0.15) is 0 Å². The van der Waals surface area contributed by atoms with Crippen molar-refractivity contribution in [2.75, 3.05) is 6.54 Å². The fourth-order valence-electron chi connectivity index (χ4n) is 4.04. The van der Waals surface area contributed by atoms with E-state index in [1.165, 1.54) is 0 Å². The molecule has 3 N–H and O–H groups in total. The van der Waals surface area contributed by atoms with Gasteiger partial charge in [0, 0.05) is 12.6 Å². The molecule has 4 atom stereocenters. The lowest BCUT2D eigenvalue weighted by Crippen LogP contribution is -2.57. The highest BCUT2D eigenvalue weighted by molar-refractivity contribution is 5.92. The largest absolute Gasteiger partial charge is 0.508 e. The van der Waals surface area contributed by atoms with Gasteiger partial charge in [0.05, 0.1) is 0 Å². The van der Waals surface area contributed by atoms with Gasteiger partial charge in [-0.15, -0.1) is 0 Å². The number of alkyl carbamates (subject to hydrolysis) is 1. The molecule has 0 radical (unpaired) electrons. The van der Waals surface area contributed by atoms with Crippen molar-refractivity contribution in [1.82, 2.24) is 15.5 Å². The second-order valence-electron chi connectivity index (χ2n) is 11.0. The number of carbonyl (C=O) groups excluding carboxylic acids is 3. The summed E-state index contributed by atoms with van der Waals surface area (Å²) in [6.07, 6.45) is 3.45. The van der Waals surface area contributed by atoms with Crippen LogP contribution in [0.3, 0.4) is 0 Å². The van der Waals surface area contributed by atoms with Gasteiger partial charge in [0.25, 0.3) is 0 Å². The van der Waals surface area contributed by atoms with Crippen molar-refractivity contribution in [3.63, 3.8) is 0 Å². The Morgan fingerprint density at radius 1 is 1.05 bits per heavy atom. The summed E-state index contributed by atoms with van der Waals surface area (Å²) >= 11 is 0. The number of nitrogens with one attached hydrogen (secondary N) is 2. The van der Waals surface area contributed by atoms with Crippen LogP contribution in [-0.2, 0) is 14.3 Å². The molecule has 210 valence electrons. The molecule has 0 aliphatic heterocycles. The quantitative estimate of drug-likeness (QED) is 0.293. The van der Waals surface area contributed by atoms with Gasteiger partial charge in [0.2, 0.25) is 11.8 Å². The summed E-state index contributed by atoms with van der Waals surface area (Å²) in [5.41, 5.74) is 0.508. The number of hydrogen-bond acceptors (Lipinski definition) is 5. The summed E-state index contributed by atoms with van der Waals surface area (Å²) in [4.78, 5) is 42.2. The summed E-state index contributed by atoms with van der Waals surface area (Å²) in [5.74, 6) is -0.693. The highest BCUT2D eigenvalue weighted by Gasteiger charge is 2.40. The van der Waals surface area contributed by atoms with E-state index in [1.54, 1.807) is 50.8 Å². The van der Waals surface area contributed by atoms with Gasteiger partial charge in [0.1, 0.15) is 23.4 Å². The van der Waals surface area contributed by atoms with Crippen LogP contribution in [0.5, 0.6) is 5.75 Å². The van der Waals surface area contributed by atoms with E-state index in [2.05, 4.69) is 17.6 Å². The topological polar surface area (TPSA) is 108 Å². The third kappa shape index (κ3) is 9.90. The molecule has 0 spiro atoms. The molecular formula is C29H49N3O5. The smallest absolute Gasteiger partial charge is 0.408 e. The molecule has 3 amide bonds. The van der Waals surface area contributed by atoms with Crippen molar-refractivity contribution in [1.29, 1.82) is 0 Å². The molecule has 1 aromatic rings. The van der Waals surface area contributed by atoms with E-state index in [1.807, 2.05) is 27.7 Å². The van der Waals surface area contributed by atoms with Crippen LogP contribution in [-0.4, -0.2) is 52.1 Å². The molecule has 0 saturated heterocycles. The fourth-order valence-corrected chi connectivity index (χ4v) is 4.04. The number of phenolic OH excluding ortho intramolecular Hbond substituents is 1. The van der Waals surface area contributed by atoms with Crippen molar-refractivity contribution < 1.29 is 24.2 Å². The van der Waals surface area contributed by atoms with Crippen molar-refractivity contribution in [3.05, 3.63) is 29.3 Å². The molecule has 1 rings (SSSR count). The number of amides is 3. The van der Waals surface area contributed by atoms with E-state index < -0.39 is 23.8 Å². The number of nitrogens with zero attached hydrogens (tertiary/aromatic N) is 1. The van der Waals surface area contributed by atoms with E-state index >= 15 is 0 Å². The third-order valence-electron chi connectivity index (χ3n) is 6.61. The van der Waals surface area contributed by atoms with Crippen LogP contribution >= 0.6 is 0 Å². The number of rotatable bonds is 13. The van der Waals surface area contributed by atoms with Crippen LogP contribution in [0, 0.1) is 12.8 Å². The minimum absolute atomic E-state index is 0.122. The Balaban J connectivity index is 3.54. The maximum atomic E-state index is 14.2. The van der Waals surface area contributed by atoms with Gasteiger partial charge < -0.3 is 25.4 Å². The number of unbranched alkanes of at least 4 members (excludes halogenated alkanes) is 2. The Morgan fingerprint density at radius 2 is 1.70 bits per heavy atom. The molecule has 0 bridgehead atoms. The Hall–Kier alpha value is -2.77. The molecule has 0 fully saturated rings. The fraction of sp³-hybridized carbons (Fsp3) is 0.690. The van der Waals surface area contributed by atoms with Gasteiger partial charge in [-0.1, -0.05) is 53.0 Å². The second kappa shape index (κ2) is 14.8. The normalized spacial score (nSPS) is 14.7. The number of carbonyl (C=O) groups is 3. The maximum absolute atomic E-state index is 14.2. The minimum Gasteiger partial charge on any atom is -0.508 e. The predicted molar refractivity (Wildman–Crippen MR) is 147 cm³/mol. The second-order valence-corrected chi connectivity index (χ2v) is 11.0. The van der Waals surface area contributed by atoms with E-state index in [0.29, 0.717) is 30.5 Å². The zero-order valence-electron chi connectivity index (χ0n) is 24.3. The van der Waals surface area contributed by atoms with Gasteiger partial charge in [-0.25, -0.2) is 4.79 Å². The average molecular weight is 520 g/mol. The highest BCUT2D eigenvalue weighted by Crippen LogP contribution is 2.30. The van der Waals surface area contributed by atoms with Crippen molar-refractivity contribution in [3.8, 4) is 5.75 Å². The van der Waals surface area contributed by atoms with Gasteiger partial charge in [-0.3, -0.25) is 9.59 Å². The standard InChI is InChI=1S/C29H49N3O5/c1-10-13-14-17-30-26(34)25(22-15-16-23(33)20(5)18-22)32(21(6)12-3)27(35)24(19(4)11-2)31-28(36)37-29(7,8)9/h15-16,18-19,21,24-25,33H,10-14,17H2,1-9H3,(H,30,34)(H,31,36). The monoisotopic (exact) mass is 519 g/mol. The van der Waals surface area contributed by atoms with Crippen molar-refractivity contribution >= 4 is 17.9 Å². The van der Waals surface area contributed by atoms with Crippen LogP contribution in [0.4, 0.5) is 4.79 Å². The molecule has 8 heteroatoms. The zero-order valence-corrected chi connectivity index (χ0v) is 24.3. The minimum atomic E-state index is -0.921. The lowest BCUT2D eigenvalue weighted by Gasteiger charge is -2.39. The Kier molecular flexibility index (Phi) is 12.9. The Bertz CT molecular complexity index is 896. The molecular weight excluding hydrogens is 470 g/mol. The van der Waals surface area contributed by atoms with Crippen LogP contribution in [0.15, 0.2) is 18.2 Å². The molecule has 0 saturated carbocycles. The lowest BCUT2D eigenvalue weighted by molar-refractivity contribution is -0.146. The third-order valence-corrected chi connectivity index (χ3v) is 6.61. The molecule has 4 unspecified atom stereocenters. The van der Waals surface area contributed by atoms with Gasteiger partial charge in [0.15, 0.2) is 0 Å². The maximum Gasteiger partial charge on any atom is 0.408 e. The lowest BCUT2D eigenvalue weighted by atomic mass is 9.93. The molecule has 0 aromatic heterocycles. The van der Waals surface area contributed by atoms with Crippen LogP contribution in [0.2, 0.25) is 0 Å². The first-order chi connectivity index (χ1) is 17.3. The molecule has 1 aromatic carbocycles. The first kappa shape index (κ1) is 32.3. The summed E-state index contributed by atoms with van der Waals surface area (Å²) in [6, 6.07) is 2.89. The average Bonchev–Trinajstić information content (AvgIpc) is 2.82. The molecule has 0 heterocycles. The van der Waals surface area contributed by atoms with E-state index in [4.69, 9.17) is 4.74 Å². The summed E-state index contributed by atoms with van der Waals surface area (Å²) in [6.45, 7) is 17.4. The zero-order chi connectivity index (χ0) is 28.3. The van der Waals surface area contributed by atoms with E-state index in [-0.39, 0.29) is 29.5 Å². The number of aryl methyl sites for hydroxylation is 1. The van der Waals surface area contributed by atoms with Crippen molar-refractivity contribution in [2.24, 2.45) is 5.92 Å². The number of ether oxygens (including phenoxy) is 1. The predicted octanol–water partition coefficient (Wildman–Crippen LogP) is 5.61. The van der Waals surface area contributed by atoms with Gasteiger partial charge in [-0.05, 0) is 76.6 Å². The molecule has 8 nitrogen and oxygen atoms in total. The summed E-state index contributed by atoms with van der Waals surface area (Å²) in [7, 11) is 0. The number of benzene rings is 1.